The fourth-order valence-electron chi connectivity index (χ4n) is 6.89. The van der Waals surface area contributed by atoms with Crippen LogP contribution in [0.1, 0.15) is 81.0 Å². The average molecular weight is 718 g/mol. The van der Waals surface area contributed by atoms with Gasteiger partial charge in [0.25, 0.3) is 0 Å². The van der Waals surface area contributed by atoms with Crippen LogP contribution < -0.4 is 26.8 Å². The van der Waals surface area contributed by atoms with Crippen LogP contribution >= 0.6 is 0 Å². The summed E-state index contributed by atoms with van der Waals surface area (Å²) in [6, 6.07) is 9.18. The minimum absolute atomic E-state index is 0.0181. The minimum atomic E-state index is -5.00. The maximum absolute atomic E-state index is 13.9. The molecule has 274 valence electrons. The molecule has 3 heterocycles. The number of piperidine rings is 1. The monoisotopic (exact) mass is 717 g/mol. The third-order valence-electron chi connectivity index (χ3n) is 9.61. The lowest BCUT2D eigenvalue weighted by Crippen LogP contribution is -2.39. The van der Waals surface area contributed by atoms with Gasteiger partial charge in [-0.25, -0.2) is 4.79 Å². The molecule has 2 aliphatic rings. The number of alkyl halides is 6. The van der Waals surface area contributed by atoms with Crippen LogP contribution in [0.2, 0.25) is 0 Å². The smallest absolute Gasteiger partial charge is 0.405 e. The van der Waals surface area contributed by atoms with Gasteiger partial charge >= 0.3 is 18.2 Å². The summed E-state index contributed by atoms with van der Waals surface area (Å²) >= 11 is 0. The summed E-state index contributed by atoms with van der Waals surface area (Å²) in [7, 11) is 0. The van der Waals surface area contributed by atoms with Gasteiger partial charge in [-0.15, -0.1) is 13.2 Å². The number of nitrogens with zero attached hydrogens (tertiary/aromatic N) is 2. The minimum Gasteiger partial charge on any atom is -0.405 e. The van der Waals surface area contributed by atoms with Crippen molar-refractivity contribution in [3.05, 3.63) is 75.8 Å². The standard InChI is InChI=1S/C36H41F6N7O2/c1-20(43)45-13-12-26-5-3-7-30(46-26)28-11-10-27(18-32(28)51-36(40,41)42)49-19-24-17-31(47-33(24)48-34(49)50)23-14-21(15-25(16-23)35(37,38)39)4-2-6-29(44)22-8-9-22/h10-11,14-19,22,26,29-30,46H,2-9,12-13,44H2,1H3,(H2,43,45)(H,47,48,50)/t26-,29+,30-/m0/s1. The Kier molecular flexibility index (Phi) is 10.5. The molecule has 0 amide bonds. The molecule has 2 fully saturated rings. The van der Waals surface area contributed by atoms with E-state index in [9.17, 15) is 31.1 Å². The van der Waals surface area contributed by atoms with Crippen LogP contribution in [0.3, 0.4) is 0 Å². The third-order valence-corrected chi connectivity index (χ3v) is 9.61. The zero-order valence-corrected chi connectivity index (χ0v) is 28.1. The molecule has 6 N–H and O–H groups in total. The van der Waals surface area contributed by atoms with E-state index in [-0.39, 0.29) is 34.5 Å². The molecule has 15 heteroatoms. The molecule has 1 aliphatic heterocycles. The molecule has 2 aromatic heterocycles. The molecule has 0 radical (unpaired) electrons. The summed E-state index contributed by atoms with van der Waals surface area (Å²) in [5, 5.41) is 14.3. The van der Waals surface area contributed by atoms with Gasteiger partial charge in [-0.2, -0.15) is 18.2 Å². The maximum Gasteiger partial charge on any atom is 0.573 e. The summed E-state index contributed by atoms with van der Waals surface area (Å²) in [4.78, 5) is 20.2. The van der Waals surface area contributed by atoms with Crippen molar-refractivity contribution in [3.8, 4) is 22.7 Å². The van der Waals surface area contributed by atoms with Crippen molar-refractivity contribution >= 4 is 16.9 Å². The summed E-state index contributed by atoms with van der Waals surface area (Å²) in [6.45, 7) is 2.18. The lowest BCUT2D eigenvalue weighted by Gasteiger charge is -2.32. The van der Waals surface area contributed by atoms with E-state index in [1.54, 1.807) is 19.1 Å². The number of halogens is 6. The lowest BCUT2D eigenvalue weighted by atomic mass is 9.91. The number of nitrogens with two attached hydrogens (primary N) is 1. The number of hydrogen-bond donors (Lipinski definition) is 5. The van der Waals surface area contributed by atoms with Crippen molar-refractivity contribution in [1.82, 2.24) is 25.2 Å². The zero-order chi connectivity index (χ0) is 36.5. The molecule has 0 spiro atoms. The molecule has 2 aromatic carbocycles. The lowest BCUT2D eigenvalue weighted by molar-refractivity contribution is -0.275. The Morgan fingerprint density at radius 1 is 1.10 bits per heavy atom. The van der Waals surface area contributed by atoms with Crippen LogP contribution in [0.25, 0.3) is 28.0 Å². The van der Waals surface area contributed by atoms with Crippen molar-refractivity contribution < 1.29 is 31.1 Å². The first-order valence-corrected chi connectivity index (χ1v) is 17.2. The van der Waals surface area contributed by atoms with Gasteiger partial charge in [0.15, 0.2) is 0 Å². The molecule has 0 unspecified atom stereocenters. The number of ether oxygens (including phenoxy) is 1. The van der Waals surface area contributed by atoms with E-state index in [1.807, 2.05) is 0 Å². The Hall–Kier alpha value is -4.37. The number of H-pyrrole nitrogens is 1. The molecular weight excluding hydrogens is 676 g/mol. The second-order valence-corrected chi connectivity index (χ2v) is 13.6. The van der Waals surface area contributed by atoms with Crippen molar-refractivity contribution in [2.45, 2.75) is 95.4 Å². The van der Waals surface area contributed by atoms with Crippen LogP contribution in [-0.4, -0.2) is 45.4 Å². The second kappa shape index (κ2) is 14.7. The first-order chi connectivity index (χ1) is 24.1. The first-order valence-electron chi connectivity index (χ1n) is 17.2. The molecule has 3 atom stereocenters. The Bertz CT molecular complexity index is 1930. The van der Waals surface area contributed by atoms with E-state index in [1.165, 1.54) is 18.3 Å². The number of fused-ring (bicyclic) bond motifs is 1. The quantitative estimate of drug-likeness (QED) is 0.0585. The molecule has 9 nitrogen and oxygen atoms in total. The van der Waals surface area contributed by atoms with Crippen molar-refractivity contribution in [1.29, 1.82) is 5.41 Å². The van der Waals surface area contributed by atoms with Crippen LogP contribution in [-0.2, 0) is 12.6 Å². The number of nitrogens with one attached hydrogen (secondary N) is 4. The van der Waals surface area contributed by atoms with E-state index in [0.717, 1.165) is 54.9 Å². The first kappa shape index (κ1) is 36.4. The molecule has 1 aliphatic carbocycles. The van der Waals surface area contributed by atoms with Gasteiger partial charge in [-0.1, -0.05) is 12.5 Å². The van der Waals surface area contributed by atoms with Gasteiger partial charge in [0, 0.05) is 53.6 Å². The summed E-state index contributed by atoms with van der Waals surface area (Å²) in [5.74, 6) is 0.371. The van der Waals surface area contributed by atoms with E-state index in [2.05, 4.69) is 25.3 Å². The highest BCUT2D eigenvalue weighted by molar-refractivity contribution is 5.83. The predicted molar refractivity (Wildman–Crippen MR) is 182 cm³/mol. The highest BCUT2D eigenvalue weighted by atomic mass is 19.4. The largest absolute Gasteiger partial charge is 0.573 e. The van der Waals surface area contributed by atoms with Gasteiger partial charge < -0.3 is 26.1 Å². The summed E-state index contributed by atoms with van der Waals surface area (Å²) < 4.78 is 88.2. The zero-order valence-electron chi connectivity index (χ0n) is 28.1. The molecule has 1 saturated carbocycles. The van der Waals surface area contributed by atoms with Crippen LogP contribution in [0.15, 0.2) is 53.5 Å². The van der Waals surface area contributed by atoms with Crippen LogP contribution in [0, 0.1) is 11.3 Å². The van der Waals surface area contributed by atoms with Crippen molar-refractivity contribution in [3.63, 3.8) is 0 Å². The normalized spacial score (nSPS) is 18.9. The molecule has 4 aromatic rings. The molecule has 1 saturated heterocycles. The number of benzene rings is 2. The van der Waals surface area contributed by atoms with Gasteiger partial charge in [-0.3, -0.25) is 9.98 Å². The Balaban J connectivity index is 1.29. The van der Waals surface area contributed by atoms with Crippen LogP contribution in [0.4, 0.5) is 26.3 Å². The van der Waals surface area contributed by atoms with Gasteiger partial charge in [-0.05, 0) is 106 Å². The number of rotatable bonds is 12. The maximum atomic E-state index is 13.9. The number of amidine groups is 1. The Morgan fingerprint density at radius 2 is 1.88 bits per heavy atom. The summed E-state index contributed by atoms with van der Waals surface area (Å²) in [6.07, 6.45) is -1.38. The van der Waals surface area contributed by atoms with Gasteiger partial charge in [0.05, 0.1) is 17.1 Å². The van der Waals surface area contributed by atoms with Gasteiger partial charge in [0.1, 0.15) is 11.4 Å². The number of aromatic nitrogens is 3. The molecule has 6 rings (SSSR count). The SMILES string of the molecule is CC(=N)NCC[C@@H]1CCC[C@@H](c2ccc(-n3cc4cc(-c5cc(CCC[C@@H](N)C6CC6)cc(C(F)(F)F)c5)[nH]c4nc3=O)cc2OC(F)(F)F)N1. The summed E-state index contributed by atoms with van der Waals surface area (Å²) in [5.41, 5.74) is 6.13. The highest BCUT2D eigenvalue weighted by Gasteiger charge is 2.35. The highest BCUT2D eigenvalue weighted by Crippen LogP contribution is 2.38. The second-order valence-electron chi connectivity index (χ2n) is 13.6. The fourth-order valence-corrected chi connectivity index (χ4v) is 6.89. The average Bonchev–Trinajstić information content (AvgIpc) is 3.83. The number of aromatic amines is 1. The van der Waals surface area contributed by atoms with E-state index < -0.39 is 35.6 Å². The number of hydrogen-bond acceptors (Lipinski definition) is 6. The van der Waals surface area contributed by atoms with Gasteiger partial charge in [0.2, 0.25) is 0 Å². The van der Waals surface area contributed by atoms with E-state index in [0.29, 0.717) is 60.6 Å². The van der Waals surface area contributed by atoms with Crippen molar-refractivity contribution in [2.75, 3.05) is 6.54 Å². The Labute approximate surface area is 290 Å². The molecular formula is C36H41F6N7O2. The number of aryl methyl sites for hydroxylation is 1. The van der Waals surface area contributed by atoms with Crippen LogP contribution in [0.5, 0.6) is 5.75 Å². The van der Waals surface area contributed by atoms with Crippen molar-refractivity contribution in [2.24, 2.45) is 11.7 Å². The Morgan fingerprint density at radius 3 is 2.59 bits per heavy atom. The topological polar surface area (TPSA) is 134 Å². The van der Waals surface area contributed by atoms with E-state index >= 15 is 0 Å². The van der Waals surface area contributed by atoms with E-state index in [4.69, 9.17) is 11.1 Å². The predicted octanol–water partition coefficient (Wildman–Crippen LogP) is 7.52. The fraction of sp³-hybridized carbons (Fsp3) is 0.472. The third kappa shape index (κ3) is 9.30. The molecule has 51 heavy (non-hydrogen) atoms. The molecule has 0 bridgehead atoms.